The van der Waals surface area contributed by atoms with Crippen molar-refractivity contribution in [2.24, 2.45) is 5.73 Å². The number of hydrogen-bond donors (Lipinski definition) is 2. The minimum atomic E-state index is -0.613. The summed E-state index contributed by atoms with van der Waals surface area (Å²) in [6.07, 6.45) is 3.48. The second kappa shape index (κ2) is 4.14. The highest BCUT2D eigenvalue weighted by molar-refractivity contribution is 4.86. The molecule has 2 heterocycles. The van der Waals surface area contributed by atoms with E-state index in [0.717, 1.165) is 38.8 Å². The molecule has 0 aromatic rings. The second-order valence-electron chi connectivity index (χ2n) is 4.42. The smallest absolute Gasteiger partial charge is 0.122 e. The van der Waals surface area contributed by atoms with E-state index in [1.54, 1.807) is 0 Å². The number of aliphatic hydroxyl groups is 1. The Morgan fingerprint density at radius 3 is 2.36 bits per heavy atom. The first-order valence-corrected chi connectivity index (χ1v) is 5.51. The van der Waals surface area contributed by atoms with Crippen molar-refractivity contribution in [3.8, 4) is 0 Å². The zero-order valence-corrected chi connectivity index (χ0v) is 8.61. The number of nitrogens with two attached hydrogens (primary N) is 1. The molecule has 14 heavy (non-hydrogen) atoms. The van der Waals surface area contributed by atoms with Gasteiger partial charge < -0.3 is 15.6 Å². The number of nitrogens with zero attached hydrogens (tertiary/aromatic N) is 1. The SMILES string of the molecule is NC1CCN(C2(O)CCOCC2)CC1. The summed E-state index contributed by atoms with van der Waals surface area (Å²) in [5, 5.41) is 10.4. The van der Waals surface area contributed by atoms with Crippen LogP contribution >= 0.6 is 0 Å². The monoisotopic (exact) mass is 200 g/mol. The van der Waals surface area contributed by atoms with Crippen LogP contribution in [0.15, 0.2) is 0 Å². The molecule has 0 bridgehead atoms. The molecule has 2 fully saturated rings. The van der Waals surface area contributed by atoms with Crippen LogP contribution in [0, 0.1) is 0 Å². The lowest BCUT2D eigenvalue weighted by Gasteiger charge is -2.45. The highest BCUT2D eigenvalue weighted by Gasteiger charge is 2.37. The minimum absolute atomic E-state index is 0.328. The van der Waals surface area contributed by atoms with Crippen molar-refractivity contribution in [1.29, 1.82) is 0 Å². The third kappa shape index (κ3) is 2.08. The number of hydrogen-bond acceptors (Lipinski definition) is 4. The summed E-state index contributed by atoms with van der Waals surface area (Å²) in [7, 11) is 0. The van der Waals surface area contributed by atoms with E-state index in [1.807, 2.05) is 0 Å². The Morgan fingerprint density at radius 1 is 1.21 bits per heavy atom. The third-order valence-corrected chi connectivity index (χ3v) is 3.42. The van der Waals surface area contributed by atoms with E-state index in [4.69, 9.17) is 10.5 Å². The Kier molecular flexibility index (Phi) is 3.07. The molecular formula is C10H20N2O2. The summed E-state index contributed by atoms with van der Waals surface area (Å²) in [6.45, 7) is 3.22. The van der Waals surface area contributed by atoms with Crippen LogP contribution in [0.3, 0.4) is 0 Å². The van der Waals surface area contributed by atoms with E-state index >= 15 is 0 Å². The van der Waals surface area contributed by atoms with E-state index in [2.05, 4.69) is 4.90 Å². The fourth-order valence-corrected chi connectivity index (χ4v) is 2.33. The van der Waals surface area contributed by atoms with Gasteiger partial charge in [0.05, 0.1) is 13.2 Å². The summed E-state index contributed by atoms with van der Waals surface area (Å²) >= 11 is 0. The molecule has 0 spiro atoms. The first-order chi connectivity index (χ1) is 6.71. The lowest BCUT2D eigenvalue weighted by molar-refractivity contribution is -0.168. The molecular weight excluding hydrogens is 180 g/mol. The Labute approximate surface area is 85.0 Å². The molecule has 0 unspecified atom stereocenters. The van der Waals surface area contributed by atoms with Crippen LogP contribution in [0.5, 0.6) is 0 Å². The predicted octanol–water partition coefficient (Wildman–Crippen LogP) is -0.0915. The number of rotatable bonds is 1. The third-order valence-electron chi connectivity index (χ3n) is 3.42. The van der Waals surface area contributed by atoms with E-state index in [9.17, 15) is 5.11 Å². The molecule has 4 nitrogen and oxygen atoms in total. The Hall–Kier alpha value is -0.160. The van der Waals surface area contributed by atoms with Crippen molar-refractivity contribution in [3.63, 3.8) is 0 Å². The molecule has 4 heteroatoms. The molecule has 2 rings (SSSR count). The molecule has 0 radical (unpaired) electrons. The lowest BCUT2D eigenvalue weighted by Crippen LogP contribution is -2.56. The van der Waals surface area contributed by atoms with Crippen LogP contribution in [0.1, 0.15) is 25.7 Å². The van der Waals surface area contributed by atoms with Crippen molar-refractivity contribution < 1.29 is 9.84 Å². The zero-order valence-electron chi connectivity index (χ0n) is 8.61. The summed E-state index contributed by atoms with van der Waals surface area (Å²) in [6, 6.07) is 0.328. The number of likely N-dealkylation sites (tertiary alicyclic amines) is 1. The van der Waals surface area contributed by atoms with Crippen LogP contribution in [0.4, 0.5) is 0 Å². The second-order valence-corrected chi connectivity index (χ2v) is 4.42. The predicted molar refractivity (Wildman–Crippen MR) is 53.8 cm³/mol. The maximum atomic E-state index is 10.4. The largest absolute Gasteiger partial charge is 0.381 e. The molecule has 0 amide bonds. The average molecular weight is 200 g/mol. The zero-order chi connectivity index (χ0) is 10.0. The van der Waals surface area contributed by atoms with Crippen LogP contribution in [0.2, 0.25) is 0 Å². The highest BCUT2D eigenvalue weighted by atomic mass is 16.5. The van der Waals surface area contributed by atoms with Gasteiger partial charge in [-0.1, -0.05) is 0 Å². The van der Waals surface area contributed by atoms with Crippen LogP contribution in [-0.4, -0.2) is 48.1 Å². The van der Waals surface area contributed by atoms with Crippen molar-refractivity contribution in [1.82, 2.24) is 4.90 Å². The van der Waals surface area contributed by atoms with Gasteiger partial charge in [0.25, 0.3) is 0 Å². The van der Waals surface area contributed by atoms with Gasteiger partial charge in [-0.2, -0.15) is 0 Å². The molecule has 2 aliphatic rings. The van der Waals surface area contributed by atoms with Crippen molar-refractivity contribution in [3.05, 3.63) is 0 Å². The quantitative estimate of drug-likeness (QED) is 0.621. The summed E-state index contributed by atoms with van der Waals surface area (Å²) in [5.74, 6) is 0. The van der Waals surface area contributed by atoms with Gasteiger partial charge in [0, 0.05) is 32.0 Å². The van der Waals surface area contributed by atoms with E-state index < -0.39 is 5.72 Å². The number of ether oxygens (including phenoxy) is 1. The van der Waals surface area contributed by atoms with E-state index in [-0.39, 0.29) is 0 Å². The molecule has 0 atom stereocenters. The number of piperidine rings is 1. The maximum Gasteiger partial charge on any atom is 0.122 e. The molecule has 0 aromatic heterocycles. The summed E-state index contributed by atoms with van der Waals surface area (Å²) < 4.78 is 5.27. The average Bonchev–Trinajstić information content (AvgIpc) is 2.19. The lowest BCUT2D eigenvalue weighted by atomic mass is 9.97. The van der Waals surface area contributed by atoms with Crippen LogP contribution < -0.4 is 5.73 Å². The normalized spacial score (nSPS) is 30.4. The van der Waals surface area contributed by atoms with E-state index in [1.165, 1.54) is 0 Å². The van der Waals surface area contributed by atoms with Gasteiger partial charge in [-0.05, 0) is 12.8 Å². The Morgan fingerprint density at radius 2 is 1.79 bits per heavy atom. The van der Waals surface area contributed by atoms with Gasteiger partial charge in [0.2, 0.25) is 0 Å². The molecule has 0 saturated carbocycles. The van der Waals surface area contributed by atoms with Gasteiger partial charge in [-0.25, -0.2) is 0 Å². The van der Waals surface area contributed by atoms with Gasteiger partial charge in [0.15, 0.2) is 0 Å². The topological polar surface area (TPSA) is 58.7 Å². The molecule has 3 N–H and O–H groups in total. The first-order valence-electron chi connectivity index (χ1n) is 5.51. The van der Waals surface area contributed by atoms with E-state index in [0.29, 0.717) is 19.3 Å². The van der Waals surface area contributed by atoms with Crippen LogP contribution in [-0.2, 0) is 4.74 Å². The van der Waals surface area contributed by atoms with Gasteiger partial charge in [-0.15, -0.1) is 0 Å². The van der Waals surface area contributed by atoms with Crippen molar-refractivity contribution >= 4 is 0 Å². The van der Waals surface area contributed by atoms with Gasteiger partial charge >= 0.3 is 0 Å². The Bertz CT molecular complexity index is 185. The minimum Gasteiger partial charge on any atom is -0.381 e. The maximum absolute atomic E-state index is 10.4. The van der Waals surface area contributed by atoms with Crippen LogP contribution in [0.25, 0.3) is 0 Å². The molecule has 0 aromatic carbocycles. The molecule has 82 valence electrons. The molecule has 2 aliphatic heterocycles. The summed E-state index contributed by atoms with van der Waals surface area (Å²) in [4.78, 5) is 2.18. The fourth-order valence-electron chi connectivity index (χ4n) is 2.33. The van der Waals surface area contributed by atoms with Crippen molar-refractivity contribution in [2.75, 3.05) is 26.3 Å². The fraction of sp³-hybridized carbons (Fsp3) is 1.00. The standard InChI is InChI=1S/C10H20N2O2/c11-9-1-5-12(6-2-9)10(13)3-7-14-8-4-10/h9,13H,1-8,11H2. The van der Waals surface area contributed by atoms with Gasteiger partial charge in [0.1, 0.15) is 5.72 Å². The highest BCUT2D eigenvalue weighted by Crippen LogP contribution is 2.27. The Balaban J connectivity index is 1.92. The van der Waals surface area contributed by atoms with Crippen molar-refractivity contribution in [2.45, 2.75) is 37.5 Å². The van der Waals surface area contributed by atoms with Gasteiger partial charge in [-0.3, -0.25) is 4.90 Å². The molecule has 2 saturated heterocycles. The molecule has 0 aliphatic carbocycles. The summed E-state index contributed by atoms with van der Waals surface area (Å²) in [5.41, 5.74) is 5.22. The first kappa shape index (κ1) is 10.4.